The van der Waals surface area contributed by atoms with Crippen LogP contribution in [0.1, 0.15) is 36.0 Å². The molecule has 0 aliphatic carbocycles. The number of rotatable bonds is 13. The van der Waals surface area contributed by atoms with Gasteiger partial charge >= 0.3 is 0 Å². The van der Waals surface area contributed by atoms with E-state index in [1.807, 2.05) is 54.6 Å². The van der Waals surface area contributed by atoms with Gasteiger partial charge in [-0.1, -0.05) is 91.0 Å². The smallest absolute Gasteiger partial charge is 0.115 e. The molecule has 3 aromatic rings. The predicted molar refractivity (Wildman–Crippen MR) is 144 cm³/mol. The molecule has 2 saturated heterocycles. The molecule has 2 heterocycles. The highest BCUT2D eigenvalue weighted by Gasteiger charge is 2.51. The van der Waals surface area contributed by atoms with Gasteiger partial charge in [0.15, 0.2) is 0 Å². The first-order valence-electron chi connectivity index (χ1n) is 13.6. The Morgan fingerprint density at radius 3 is 1.76 bits per heavy atom. The molecule has 202 valence electrons. The van der Waals surface area contributed by atoms with Gasteiger partial charge in [-0.3, -0.25) is 0 Å². The molecular weight excluding hydrogens is 480 g/mol. The third-order valence-corrected chi connectivity index (χ3v) is 7.29. The number of hydrogen-bond acceptors (Lipinski definition) is 6. The molecule has 2 aliphatic heterocycles. The monoisotopic (exact) mass is 518 g/mol. The van der Waals surface area contributed by atoms with Crippen molar-refractivity contribution in [3.8, 4) is 0 Å². The average Bonchev–Trinajstić information content (AvgIpc) is 3.59. The molecule has 0 bridgehead atoms. The molecule has 2 fully saturated rings. The van der Waals surface area contributed by atoms with Crippen molar-refractivity contribution in [1.29, 1.82) is 0 Å². The molecule has 6 nitrogen and oxygen atoms in total. The van der Waals surface area contributed by atoms with E-state index in [9.17, 15) is 5.11 Å². The molecule has 0 radical (unpaired) electrons. The topological polar surface area (TPSA) is 66.4 Å². The van der Waals surface area contributed by atoms with Crippen molar-refractivity contribution in [2.75, 3.05) is 13.2 Å². The zero-order valence-electron chi connectivity index (χ0n) is 21.8. The summed E-state index contributed by atoms with van der Waals surface area (Å²) in [5, 5.41) is 9.66. The van der Waals surface area contributed by atoms with Crippen LogP contribution in [0.25, 0.3) is 0 Å². The molecule has 0 aromatic heterocycles. The quantitative estimate of drug-likeness (QED) is 0.319. The molecule has 3 aromatic carbocycles. The van der Waals surface area contributed by atoms with Crippen molar-refractivity contribution in [1.82, 2.24) is 0 Å². The molecule has 6 heteroatoms. The van der Waals surface area contributed by atoms with Crippen LogP contribution >= 0.6 is 0 Å². The van der Waals surface area contributed by atoms with Crippen molar-refractivity contribution >= 4 is 0 Å². The second-order valence-electron chi connectivity index (χ2n) is 10.0. The summed E-state index contributed by atoms with van der Waals surface area (Å²) in [6, 6.07) is 30.5. The van der Waals surface area contributed by atoms with Crippen LogP contribution in [0.3, 0.4) is 0 Å². The first kappa shape index (κ1) is 27.0. The highest BCUT2D eigenvalue weighted by Crippen LogP contribution is 2.37. The summed E-state index contributed by atoms with van der Waals surface area (Å²) in [7, 11) is 0. The van der Waals surface area contributed by atoms with E-state index in [0.29, 0.717) is 32.8 Å². The van der Waals surface area contributed by atoms with Crippen molar-refractivity contribution in [2.45, 2.75) is 75.7 Å². The van der Waals surface area contributed by atoms with Crippen LogP contribution in [0.15, 0.2) is 91.0 Å². The zero-order chi connectivity index (χ0) is 26.0. The Morgan fingerprint density at radius 1 is 0.658 bits per heavy atom. The number of benzene rings is 3. The molecule has 1 N–H and O–H groups in total. The number of aliphatic hydroxyl groups excluding tert-OH is 1. The molecule has 0 amide bonds. The van der Waals surface area contributed by atoms with E-state index in [4.69, 9.17) is 23.7 Å². The third kappa shape index (κ3) is 7.29. The summed E-state index contributed by atoms with van der Waals surface area (Å²) in [5.74, 6) is 0. The molecule has 1 unspecified atom stereocenters. The number of aliphatic hydroxyl groups is 1. The lowest BCUT2D eigenvalue weighted by Crippen LogP contribution is -2.42. The molecule has 6 atom stereocenters. The third-order valence-electron chi connectivity index (χ3n) is 7.29. The van der Waals surface area contributed by atoms with Crippen LogP contribution in [0, 0.1) is 0 Å². The van der Waals surface area contributed by atoms with E-state index in [-0.39, 0.29) is 43.2 Å². The molecular formula is C32H38O6. The Kier molecular flexibility index (Phi) is 9.94. The normalized spacial score (nSPS) is 27.1. The molecule has 38 heavy (non-hydrogen) atoms. The summed E-state index contributed by atoms with van der Waals surface area (Å²) in [4.78, 5) is 0. The minimum Gasteiger partial charge on any atom is -0.394 e. The maximum absolute atomic E-state index is 9.66. The molecule has 0 saturated carbocycles. The van der Waals surface area contributed by atoms with E-state index in [0.717, 1.165) is 29.5 Å². The van der Waals surface area contributed by atoms with E-state index in [1.165, 1.54) is 0 Å². The summed E-state index contributed by atoms with van der Waals surface area (Å²) in [5.41, 5.74) is 3.35. The fourth-order valence-electron chi connectivity index (χ4n) is 5.29. The fourth-order valence-corrected chi connectivity index (χ4v) is 5.29. The van der Waals surface area contributed by atoms with Crippen LogP contribution in [0.2, 0.25) is 0 Å². The van der Waals surface area contributed by atoms with Gasteiger partial charge in [-0.15, -0.1) is 0 Å². The van der Waals surface area contributed by atoms with Crippen LogP contribution in [0.5, 0.6) is 0 Å². The van der Waals surface area contributed by atoms with Gasteiger partial charge in [-0.25, -0.2) is 0 Å². The van der Waals surface area contributed by atoms with Gasteiger partial charge in [0.05, 0.1) is 44.7 Å². The van der Waals surface area contributed by atoms with Crippen molar-refractivity contribution in [2.24, 2.45) is 0 Å². The fraction of sp³-hybridized carbons (Fsp3) is 0.438. The first-order valence-corrected chi connectivity index (χ1v) is 13.6. The summed E-state index contributed by atoms with van der Waals surface area (Å²) < 4.78 is 32.0. The van der Waals surface area contributed by atoms with Gasteiger partial charge in [0.25, 0.3) is 0 Å². The van der Waals surface area contributed by atoms with Gasteiger partial charge in [0.1, 0.15) is 18.3 Å². The Labute approximate surface area is 225 Å². The molecule has 0 spiro atoms. The Hall–Kier alpha value is -2.58. The van der Waals surface area contributed by atoms with Crippen LogP contribution in [-0.2, 0) is 43.5 Å². The maximum atomic E-state index is 9.66. The van der Waals surface area contributed by atoms with Crippen LogP contribution in [-0.4, -0.2) is 54.9 Å². The first-order chi connectivity index (χ1) is 18.8. The predicted octanol–water partition coefficient (Wildman–Crippen LogP) is 5.07. The van der Waals surface area contributed by atoms with Gasteiger partial charge in [0, 0.05) is 6.61 Å². The van der Waals surface area contributed by atoms with Crippen LogP contribution < -0.4 is 0 Å². The van der Waals surface area contributed by atoms with E-state index in [2.05, 4.69) is 36.4 Å². The van der Waals surface area contributed by atoms with Crippen molar-refractivity contribution in [3.05, 3.63) is 108 Å². The highest BCUT2D eigenvalue weighted by molar-refractivity contribution is 5.15. The van der Waals surface area contributed by atoms with Crippen LogP contribution in [0.4, 0.5) is 0 Å². The maximum Gasteiger partial charge on any atom is 0.115 e. The number of ether oxygens (including phenoxy) is 5. The Balaban J connectivity index is 1.30. The standard InChI is InChI=1S/C32H38O6/c33-20-27-16-17-28(37-27)31-32(36-23-26-14-8-3-9-15-26)30(35-22-25-12-6-2-7-13-25)29(38-31)18-19-34-21-24-10-4-1-5-11-24/h1-15,27-33H,16-23H2/t27?,28-,29+,30-,31+,32+/m0/s1. The van der Waals surface area contributed by atoms with Crippen molar-refractivity contribution < 1.29 is 28.8 Å². The Bertz CT molecular complexity index is 1060. The zero-order valence-corrected chi connectivity index (χ0v) is 21.8. The minimum atomic E-state index is -0.305. The van der Waals surface area contributed by atoms with Gasteiger partial charge in [-0.05, 0) is 36.0 Å². The SMILES string of the molecule is OCC1CC[C@@H]([C@H]2O[C@H](CCOCc3ccccc3)[C@H](OCc3ccccc3)[C@H]2OCc2ccccc2)O1. The Morgan fingerprint density at radius 2 is 1.21 bits per heavy atom. The van der Waals surface area contributed by atoms with E-state index in [1.54, 1.807) is 0 Å². The van der Waals surface area contributed by atoms with E-state index >= 15 is 0 Å². The second kappa shape index (κ2) is 14.0. The number of hydrogen-bond donors (Lipinski definition) is 1. The second-order valence-corrected chi connectivity index (χ2v) is 10.0. The lowest BCUT2D eigenvalue weighted by atomic mass is 10.00. The van der Waals surface area contributed by atoms with Gasteiger partial charge < -0.3 is 28.8 Å². The van der Waals surface area contributed by atoms with E-state index < -0.39 is 0 Å². The van der Waals surface area contributed by atoms with Gasteiger partial charge in [0.2, 0.25) is 0 Å². The summed E-state index contributed by atoms with van der Waals surface area (Å²) >= 11 is 0. The highest BCUT2D eigenvalue weighted by atomic mass is 16.6. The largest absolute Gasteiger partial charge is 0.394 e. The average molecular weight is 519 g/mol. The molecule has 5 rings (SSSR count). The van der Waals surface area contributed by atoms with Gasteiger partial charge in [-0.2, -0.15) is 0 Å². The minimum absolute atomic E-state index is 0.0173. The summed E-state index contributed by atoms with van der Waals surface area (Å²) in [6.07, 6.45) is 0.954. The summed E-state index contributed by atoms with van der Waals surface area (Å²) in [6.45, 7) is 2.06. The van der Waals surface area contributed by atoms with Crippen molar-refractivity contribution in [3.63, 3.8) is 0 Å². The molecule has 2 aliphatic rings. The lowest BCUT2D eigenvalue weighted by molar-refractivity contribution is -0.117. The lowest BCUT2D eigenvalue weighted by Gasteiger charge is -2.27.